The van der Waals surface area contributed by atoms with Crippen LogP contribution in [0.4, 0.5) is 0 Å². The Labute approximate surface area is 160 Å². The highest BCUT2D eigenvalue weighted by Crippen LogP contribution is 2.34. The van der Waals surface area contributed by atoms with Crippen molar-refractivity contribution in [3.63, 3.8) is 0 Å². The first-order valence-electron chi connectivity index (χ1n) is 7.67. The zero-order chi connectivity index (χ0) is 18.4. The fourth-order valence-electron chi connectivity index (χ4n) is 2.31. The molecule has 0 radical (unpaired) electrons. The summed E-state index contributed by atoms with van der Waals surface area (Å²) in [7, 11) is 0. The van der Waals surface area contributed by atoms with Gasteiger partial charge >= 0.3 is 0 Å². The van der Waals surface area contributed by atoms with Crippen molar-refractivity contribution in [1.29, 1.82) is 0 Å². The Morgan fingerprint density at radius 1 is 1.44 bits per heavy atom. The summed E-state index contributed by atoms with van der Waals surface area (Å²) in [5.74, 6) is -0.318. The Morgan fingerprint density at radius 3 is 2.68 bits per heavy atom. The smallest absolute Gasteiger partial charge is 0.266 e. The van der Waals surface area contributed by atoms with E-state index >= 15 is 0 Å². The van der Waals surface area contributed by atoms with E-state index in [0.717, 1.165) is 28.0 Å². The molecule has 1 fully saturated rings. The molecule has 0 aliphatic carbocycles. The fourth-order valence-corrected chi connectivity index (χ4v) is 4.12. The van der Waals surface area contributed by atoms with Gasteiger partial charge in [0.1, 0.15) is 10.1 Å². The van der Waals surface area contributed by atoms with E-state index in [0.29, 0.717) is 23.7 Å². The van der Waals surface area contributed by atoms with Crippen LogP contribution in [0.25, 0.3) is 6.08 Å². The number of hydrogen-bond donors (Lipinski definition) is 0. The maximum Gasteiger partial charge on any atom is 0.266 e. The van der Waals surface area contributed by atoms with Crippen LogP contribution in [0.2, 0.25) is 0 Å². The first-order chi connectivity index (χ1) is 12.0. The number of thioether (sulfide) groups is 2. The first-order valence-corrected chi connectivity index (χ1v) is 10.3. The van der Waals surface area contributed by atoms with Gasteiger partial charge in [-0.1, -0.05) is 36.1 Å². The molecule has 0 saturated carbocycles. The minimum atomic E-state index is -1.28. The van der Waals surface area contributed by atoms with Crippen LogP contribution in [-0.4, -0.2) is 45.8 Å². The lowest BCUT2D eigenvalue weighted by atomic mass is 10.1. The molecular formula is C17H18NO4S3-. The predicted molar refractivity (Wildman–Crippen MR) is 104 cm³/mol. The van der Waals surface area contributed by atoms with Crippen molar-refractivity contribution in [1.82, 2.24) is 4.90 Å². The van der Waals surface area contributed by atoms with Gasteiger partial charge in [0.2, 0.25) is 0 Å². The average Bonchev–Trinajstić information content (AvgIpc) is 2.84. The van der Waals surface area contributed by atoms with E-state index in [1.807, 2.05) is 37.4 Å². The lowest BCUT2D eigenvalue weighted by Gasteiger charge is -2.27. The van der Waals surface area contributed by atoms with Gasteiger partial charge < -0.3 is 14.6 Å². The minimum Gasteiger partial charge on any atom is -0.548 e. The second kappa shape index (κ2) is 9.26. The third-order valence-electron chi connectivity index (χ3n) is 3.49. The molecule has 0 N–H and O–H groups in total. The van der Waals surface area contributed by atoms with Crippen LogP contribution < -0.4 is 9.84 Å². The summed E-state index contributed by atoms with van der Waals surface area (Å²) in [6, 6.07) is 6.27. The summed E-state index contributed by atoms with van der Waals surface area (Å²) >= 11 is 7.84. The predicted octanol–water partition coefficient (Wildman–Crippen LogP) is 2.16. The first kappa shape index (κ1) is 19.8. The van der Waals surface area contributed by atoms with Gasteiger partial charge in [-0.25, -0.2) is 0 Å². The summed E-state index contributed by atoms with van der Waals surface area (Å²) in [5.41, 5.74) is 0.818. The van der Waals surface area contributed by atoms with E-state index in [1.165, 1.54) is 11.8 Å². The molecule has 1 heterocycles. The highest BCUT2D eigenvalue weighted by atomic mass is 32.2. The number of amides is 1. The minimum absolute atomic E-state index is 0.248. The van der Waals surface area contributed by atoms with Crippen LogP contribution >= 0.6 is 35.7 Å². The van der Waals surface area contributed by atoms with Gasteiger partial charge in [-0.15, -0.1) is 0 Å². The largest absolute Gasteiger partial charge is 0.548 e. The highest BCUT2D eigenvalue weighted by molar-refractivity contribution is 8.26. The number of thiocarbonyl (C=S) groups is 1. The number of hydrogen-bond acceptors (Lipinski definition) is 7. The Balaban J connectivity index is 2.20. The van der Waals surface area contributed by atoms with Crippen LogP contribution in [0.3, 0.4) is 0 Å². The van der Waals surface area contributed by atoms with Crippen LogP contribution in [-0.2, 0) is 9.59 Å². The summed E-state index contributed by atoms with van der Waals surface area (Å²) in [6.07, 6.45) is 3.88. The maximum absolute atomic E-state index is 12.6. The lowest BCUT2D eigenvalue weighted by molar-refractivity contribution is -0.310. The van der Waals surface area contributed by atoms with Crippen LogP contribution in [0.5, 0.6) is 5.75 Å². The summed E-state index contributed by atoms with van der Waals surface area (Å²) in [4.78, 5) is 25.6. The Hall–Kier alpha value is -1.51. The number of carbonyl (C=O) groups excluding carboxylic acids is 2. The summed E-state index contributed by atoms with van der Waals surface area (Å²) in [6.45, 7) is 2.49. The Kier molecular flexibility index (Phi) is 7.34. The molecule has 2 rings (SSSR count). The molecule has 1 aliphatic rings. The number of carbonyl (C=O) groups is 2. The quantitative estimate of drug-likeness (QED) is 0.493. The van der Waals surface area contributed by atoms with Gasteiger partial charge in [-0.3, -0.25) is 9.69 Å². The molecular weight excluding hydrogens is 378 g/mol. The number of ether oxygens (including phenoxy) is 1. The SMILES string of the molecule is CCOc1ccc(/C=C2\SC(=S)N([C@H](CCSC)C(=O)[O-])C2=O)cc1. The number of rotatable bonds is 8. The number of nitrogens with zero attached hydrogens (tertiary/aromatic N) is 1. The molecule has 134 valence electrons. The molecule has 1 atom stereocenters. The second-order valence-corrected chi connectivity index (χ2v) is 7.83. The molecule has 8 heteroatoms. The molecule has 25 heavy (non-hydrogen) atoms. The number of benzene rings is 1. The maximum atomic E-state index is 12.6. The molecule has 0 unspecified atom stereocenters. The fraction of sp³-hybridized carbons (Fsp3) is 0.353. The number of carboxylic acid groups (broad SMARTS) is 1. The van der Waals surface area contributed by atoms with E-state index in [4.69, 9.17) is 17.0 Å². The van der Waals surface area contributed by atoms with Gasteiger partial charge in [-0.05, 0) is 49.1 Å². The molecule has 1 aromatic rings. The third kappa shape index (κ3) is 4.99. The van der Waals surface area contributed by atoms with Crippen molar-refractivity contribution < 1.29 is 19.4 Å². The van der Waals surface area contributed by atoms with Crippen LogP contribution in [0.15, 0.2) is 29.2 Å². The Bertz CT molecular complexity index is 688. The monoisotopic (exact) mass is 396 g/mol. The van der Waals surface area contributed by atoms with Crippen molar-refractivity contribution in [2.24, 2.45) is 0 Å². The normalized spacial score (nSPS) is 17.2. The zero-order valence-corrected chi connectivity index (χ0v) is 16.3. The molecule has 1 saturated heterocycles. The van der Waals surface area contributed by atoms with Crippen LogP contribution in [0, 0.1) is 0 Å². The van der Waals surface area contributed by atoms with E-state index in [2.05, 4.69) is 0 Å². The topological polar surface area (TPSA) is 69.7 Å². The van der Waals surface area contributed by atoms with Crippen molar-refractivity contribution in [3.8, 4) is 5.75 Å². The second-order valence-electron chi connectivity index (χ2n) is 5.17. The molecule has 0 aromatic heterocycles. The van der Waals surface area contributed by atoms with Crippen molar-refractivity contribution >= 4 is 58.0 Å². The van der Waals surface area contributed by atoms with E-state index < -0.39 is 12.0 Å². The van der Waals surface area contributed by atoms with Gasteiger partial charge in [0, 0.05) is 0 Å². The molecule has 1 amide bonds. The summed E-state index contributed by atoms with van der Waals surface area (Å²) in [5, 5.41) is 11.4. The standard InChI is InChI=1S/C17H19NO4S3/c1-3-22-12-6-4-11(5-7-12)10-14-15(19)18(17(23)25-14)13(16(20)21)8-9-24-2/h4-7,10,13H,3,8-9H2,1-2H3,(H,20,21)/p-1/b14-10-/t13-/m1/s1. The number of carboxylic acids is 1. The molecule has 5 nitrogen and oxygen atoms in total. The average molecular weight is 397 g/mol. The molecule has 1 aliphatic heterocycles. The summed E-state index contributed by atoms with van der Waals surface area (Å²) < 4.78 is 5.63. The van der Waals surface area contributed by atoms with Gasteiger partial charge in [0.15, 0.2) is 0 Å². The highest BCUT2D eigenvalue weighted by Gasteiger charge is 2.37. The number of aliphatic carboxylic acids is 1. The van der Waals surface area contributed by atoms with Crippen molar-refractivity contribution in [2.75, 3.05) is 18.6 Å². The lowest BCUT2D eigenvalue weighted by Crippen LogP contribution is -2.50. The van der Waals surface area contributed by atoms with Gasteiger partial charge in [0.25, 0.3) is 5.91 Å². The zero-order valence-electron chi connectivity index (χ0n) is 13.9. The van der Waals surface area contributed by atoms with E-state index in [1.54, 1.807) is 6.08 Å². The molecule has 0 spiro atoms. The van der Waals surface area contributed by atoms with Gasteiger partial charge in [0.05, 0.1) is 23.5 Å². The third-order valence-corrected chi connectivity index (χ3v) is 5.47. The van der Waals surface area contributed by atoms with E-state index in [9.17, 15) is 14.7 Å². The molecule has 0 bridgehead atoms. The van der Waals surface area contributed by atoms with E-state index in [-0.39, 0.29) is 10.2 Å². The van der Waals surface area contributed by atoms with Crippen molar-refractivity contribution in [3.05, 3.63) is 34.7 Å². The Morgan fingerprint density at radius 2 is 2.12 bits per heavy atom. The van der Waals surface area contributed by atoms with Gasteiger partial charge in [-0.2, -0.15) is 11.8 Å². The van der Waals surface area contributed by atoms with Crippen LogP contribution in [0.1, 0.15) is 18.9 Å². The van der Waals surface area contributed by atoms with Crippen molar-refractivity contribution in [2.45, 2.75) is 19.4 Å². The molecule has 1 aromatic carbocycles.